The Labute approximate surface area is 194 Å². The van der Waals surface area contributed by atoms with Gasteiger partial charge < -0.3 is 18.5 Å². The Morgan fingerprint density at radius 3 is 2.79 bits per heavy atom. The number of alkyl halides is 2. The summed E-state index contributed by atoms with van der Waals surface area (Å²) < 4.78 is 47.2. The van der Waals surface area contributed by atoms with Gasteiger partial charge in [-0.25, -0.2) is 0 Å². The highest BCUT2D eigenvalue weighted by atomic mass is 31.0. The number of furan rings is 1. The Kier molecular flexibility index (Phi) is 7.04. The zero-order chi connectivity index (χ0) is 23.4. The minimum Gasteiger partial charge on any atom is -0.493 e. The maximum atomic E-state index is 13.9. The molecule has 0 spiro atoms. The molecule has 4 aromatic rings. The molecule has 0 bridgehead atoms. The van der Waals surface area contributed by atoms with Gasteiger partial charge in [-0.2, -0.15) is 8.78 Å². The van der Waals surface area contributed by atoms with Crippen molar-refractivity contribution in [2.45, 2.75) is 38.4 Å². The van der Waals surface area contributed by atoms with Crippen LogP contribution in [0.4, 0.5) is 8.78 Å². The van der Waals surface area contributed by atoms with E-state index in [1.807, 2.05) is 25.1 Å². The number of aryl methyl sites for hydroxylation is 2. The van der Waals surface area contributed by atoms with Gasteiger partial charge in [0.2, 0.25) is 0 Å². The second-order valence-electron chi connectivity index (χ2n) is 7.97. The van der Waals surface area contributed by atoms with E-state index in [2.05, 4.69) is 23.4 Å². The van der Waals surface area contributed by atoms with Crippen LogP contribution in [0.2, 0.25) is 0 Å². The molecule has 0 N–H and O–H groups in total. The average molecular weight is 471 g/mol. The predicted octanol–water partition coefficient (Wildman–Crippen LogP) is 7.30. The molecule has 1 unspecified atom stereocenters. The Morgan fingerprint density at radius 2 is 2.03 bits per heavy atom. The van der Waals surface area contributed by atoms with Crippen LogP contribution in [-0.4, -0.2) is 17.8 Å². The molecule has 33 heavy (non-hydrogen) atoms. The standard InChI is InChI=1S/C26H28F2NO3P/c1-3-6-21-24(10-9-20-22(26(27,28)33)17-32-25(20)21)31-15-5-12-29-13-11-18-7-8-19(16-23(18)29)30-14-4-2/h4,7-11,13,16-17H,2-3,5-6,12,14-15,33H2,1H3. The van der Waals surface area contributed by atoms with Gasteiger partial charge in [0.15, 0.2) is 0 Å². The van der Waals surface area contributed by atoms with Crippen LogP contribution < -0.4 is 9.47 Å². The zero-order valence-corrected chi connectivity index (χ0v) is 19.8. The lowest BCUT2D eigenvalue weighted by atomic mass is 10.0. The van der Waals surface area contributed by atoms with Gasteiger partial charge >= 0.3 is 0 Å². The minimum absolute atomic E-state index is 0.123. The monoisotopic (exact) mass is 471 g/mol. The number of hydrogen-bond acceptors (Lipinski definition) is 3. The first-order valence-electron chi connectivity index (χ1n) is 11.1. The lowest BCUT2D eigenvalue weighted by Gasteiger charge is -2.13. The SMILES string of the molecule is C=CCOc1ccc2ccn(CCCOc3ccc4c(C(F)(F)P)coc4c3CCC)c2c1. The van der Waals surface area contributed by atoms with Crippen molar-refractivity contribution in [3.63, 3.8) is 0 Å². The summed E-state index contributed by atoms with van der Waals surface area (Å²) >= 11 is 0. The Bertz CT molecular complexity index is 1260. The fourth-order valence-corrected chi connectivity index (χ4v) is 4.26. The van der Waals surface area contributed by atoms with Crippen LogP contribution in [0.3, 0.4) is 0 Å². The van der Waals surface area contributed by atoms with Crippen LogP contribution in [0.1, 0.15) is 30.9 Å². The van der Waals surface area contributed by atoms with E-state index in [9.17, 15) is 8.78 Å². The molecule has 0 radical (unpaired) electrons. The number of nitrogens with zero attached hydrogens (tertiary/aromatic N) is 1. The predicted molar refractivity (Wildman–Crippen MR) is 132 cm³/mol. The molecule has 174 valence electrons. The molecule has 0 saturated carbocycles. The molecule has 0 fully saturated rings. The van der Waals surface area contributed by atoms with Crippen molar-refractivity contribution in [3.05, 3.63) is 72.6 Å². The van der Waals surface area contributed by atoms with Crippen LogP contribution in [0, 0.1) is 0 Å². The molecular formula is C26H28F2NO3P. The topological polar surface area (TPSA) is 36.5 Å². The third-order valence-electron chi connectivity index (χ3n) is 5.58. The molecule has 0 saturated heterocycles. The van der Waals surface area contributed by atoms with Gasteiger partial charge in [-0.3, -0.25) is 0 Å². The van der Waals surface area contributed by atoms with E-state index >= 15 is 0 Å². The Balaban J connectivity index is 1.46. The highest BCUT2D eigenvalue weighted by molar-refractivity contribution is 7.17. The summed E-state index contributed by atoms with van der Waals surface area (Å²) in [6, 6.07) is 11.5. The van der Waals surface area contributed by atoms with Crippen molar-refractivity contribution < 1.29 is 22.7 Å². The second kappa shape index (κ2) is 9.96. The van der Waals surface area contributed by atoms with Crippen molar-refractivity contribution in [1.82, 2.24) is 4.57 Å². The van der Waals surface area contributed by atoms with Crippen molar-refractivity contribution in [1.29, 1.82) is 0 Å². The van der Waals surface area contributed by atoms with Gasteiger partial charge in [0.05, 0.1) is 17.7 Å². The summed E-state index contributed by atoms with van der Waals surface area (Å²) in [6.07, 6.45) is 7.26. The second-order valence-corrected chi connectivity index (χ2v) is 8.70. The van der Waals surface area contributed by atoms with Crippen molar-refractivity contribution in [2.75, 3.05) is 13.2 Å². The molecule has 0 aliphatic heterocycles. The molecule has 2 aromatic carbocycles. The fraction of sp³-hybridized carbons (Fsp3) is 0.308. The van der Waals surface area contributed by atoms with Crippen LogP contribution >= 0.6 is 9.24 Å². The van der Waals surface area contributed by atoms with E-state index < -0.39 is 5.66 Å². The Morgan fingerprint density at radius 1 is 1.18 bits per heavy atom. The third-order valence-corrected chi connectivity index (χ3v) is 5.89. The fourth-order valence-electron chi connectivity index (χ4n) is 4.04. The summed E-state index contributed by atoms with van der Waals surface area (Å²) in [6.45, 7) is 7.48. The Hall–Kier alpha value is -2.85. The number of benzene rings is 2. The molecule has 0 aliphatic rings. The quantitative estimate of drug-likeness (QED) is 0.131. The highest BCUT2D eigenvalue weighted by Crippen LogP contribution is 2.42. The molecule has 4 rings (SSSR count). The molecule has 2 heterocycles. The molecular weight excluding hydrogens is 443 g/mol. The number of hydrogen-bond donors (Lipinski definition) is 0. The number of fused-ring (bicyclic) bond motifs is 2. The van der Waals surface area contributed by atoms with Gasteiger partial charge in [-0.1, -0.05) is 35.2 Å². The van der Waals surface area contributed by atoms with Crippen molar-refractivity contribution in [2.24, 2.45) is 0 Å². The molecule has 2 aromatic heterocycles. The van der Waals surface area contributed by atoms with Crippen LogP contribution in [0.15, 0.2) is 65.9 Å². The summed E-state index contributed by atoms with van der Waals surface area (Å²) in [5.41, 5.74) is -0.734. The van der Waals surface area contributed by atoms with Gasteiger partial charge in [-0.15, -0.1) is 0 Å². The zero-order valence-electron chi connectivity index (χ0n) is 18.7. The van der Waals surface area contributed by atoms with E-state index in [-0.39, 0.29) is 5.56 Å². The van der Waals surface area contributed by atoms with Gasteiger partial charge in [-0.05, 0) is 48.6 Å². The van der Waals surface area contributed by atoms with E-state index in [1.165, 1.54) is 0 Å². The minimum atomic E-state index is -3.03. The van der Waals surface area contributed by atoms with Crippen molar-refractivity contribution >= 4 is 31.1 Å². The normalized spacial score (nSPS) is 11.9. The van der Waals surface area contributed by atoms with E-state index in [1.54, 1.807) is 27.4 Å². The smallest absolute Gasteiger partial charge is 0.287 e. The van der Waals surface area contributed by atoms with Crippen molar-refractivity contribution in [3.8, 4) is 11.5 Å². The summed E-state index contributed by atoms with van der Waals surface area (Å²) in [4.78, 5) is 0. The number of aromatic nitrogens is 1. The molecule has 0 aliphatic carbocycles. The lowest BCUT2D eigenvalue weighted by molar-refractivity contribution is 0.104. The van der Waals surface area contributed by atoms with Crippen LogP contribution in [0.5, 0.6) is 11.5 Å². The van der Waals surface area contributed by atoms with E-state index in [4.69, 9.17) is 13.9 Å². The summed E-state index contributed by atoms with van der Waals surface area (Å²) in [5.74, 6) is 1.50. The largest absolute Gasteiger partial charge is 0.493 e. The first kappa shape index (κ1) is 23.3. The maximum Gasteiger partial charge on any atom is 0.287 e. The van der Waals surface area contributed by atoms with E-state index in [0.717, 1.165) is 47.9 Å². The highest BCUT2D eigenvalue weighted by Gasteiger charge is 2.30. The van der Waals surface area contributed by atoms with Crippen LogP contribution in [0.25, 0.3) is 21.9 Å². The molecule has 7 heteroatoms. The number of rotatable bonds is 11. The summed E-state index contributed by atoms with van der Waals surface area (Å²) in [5, 5.41) is 1.58. The van der Waals surface area contributed by atoms with Gasteiger partial charge in [0, 0.05) is 29.8 Å². The van der Waals surface area contributed by atoms with Gasteiger partial charge in [0.25, 0.3) is 5.66 Å². The third kappa shape index (κ3) is 5.06. The lowest BCUT2D eigenvalue weighted by Crippen LogP contribution is -2.06. The molecule has 0 amide bonds. The van der Waals surface area contributed by atoms with Gasteiger partial charge in [0.1, 0.15) is 30.0 Å². The summed E-state index contributed by atoms with van der Waals surface area (Å²) in [7, 11) is 1.58. The number of halogens is 2. The first-order valence-corrected chi connectivity index (χ1v) is 11.7. The maximum absolute atomic E-state index is 13.9. The molecule has 4 nitrogen and oxygen atoms in total. The van der Waals surface area contributed by atoms with E-state index in [0.29, 0.717) is 36.4 Å². The average Bonchev–Trinajstić information content (AvgIpc) is 3.40. The first-order chi connectivity index (χ1) is 15.9. The number of ether oxygens (including phenoxy) is 2. The van der Waals surface area contributed by atoms with Crippen LogP contribution in [-0.2, 0) is 18.6 Å². The molecule has 1 atom stereocenters.